The number of ether oxygens (including phenoxy) is 1. The van der Waals surface area contributed by atoms with Crippen LogP contribution in [-0.2, 0) is 19.1 Å². The van der Waals surface area contributed by atoms with Crippen LogP contribution in [0.2, 0.25) is 0 Å². The lowest BCUT2D eigenvalue weighted by molar-refractivity contribution is -0.147. The number of nitrogens with one attached hydrogen (secondary N) is 1. The fraction of sp³-hybridized carbons (Fsp3) is 0.800. The SMILES string of the molecule is CCOC(=O)C(C)NC(=O)C1CCN(C(=O)C(C)C)CC1. The first-order valence-corrected chi connectivity index (χ1v) is 7.62. The highest BCUT2D eigenvalue weighted by Crippen LogP contribution is 2.19. The molecule has 1 unspecified atom stereocenters. The van der Waals surface area contributed by atoms with Gasteiger partial charge in [0.25, 0.3) is 0 Å². The first kappa shape index (κ1) is 17.5. The van der Waals surface area contributed by atoms with Crippen molar-refractivity contribution in [1.82, 2.24) is 10.2 Å². The van der Waals surface area contributed by atoms with Gasteiger partial charge in [0.15, 0.2) is 0 Å². The second kappa shape index (κ2) is 8.00. The number of rotatable bonds is 5. The highest BCUT2D eigenvalue weighted by molar-refractivity contribution is 5.85. The van der Waals surface area contributed by atoms with Crippen molar-refractivity contribution in [3.63, 3.8) is 0 Å². The monoisotopic (exact) mass is 298 g/mol. The Labute approximate surface area is 126 Å². The average molecular weight is 298 g/mol. The molecule has 6 heteroatoms. The van der Waals surface area contributed by atoms with Crippen molar-refractivity contribution in [2.75, 3.05) is 19.7 Å². The minimum absolute atomic E-state index is 0.0146. The maximum absolute atomic E-state index is 12.1. The quantitative estimate of drug-likeness (QED) is 0.767. The molecule has 1 N–H and O–H groups in total. The first-order chi connectivity index (χ1) is 9.86. The summed E-state index contributed by atoms with van der Waals surface area (Å²) in [4.78, 5) is 37.3. The zero-order chi connectivity index (χ0) is 16.0. The fourth-order valence-electron chi connectivity index (χ4n) is 2.38. The van der Waals surface area contributed by atoms with Crippen molar-refractivity contribution in [2.45, 2.75) is 46.6 Å². The van der Waals surface area contributed by atoms with Crippen molar-refractivity contribution in [3.05, 3.63) is 0 Å². The topological polar surface area (TPSA) is 75.7 Å². The molecule has 0 aromatic rings. The van der Waals surface area contributed by atoms with E-state index in [1.54, 1.807) is 13.8 Å². The fourth-order valence-corrected chi connectivity index (χ4v) is 2.38. The third kappa shape index (κ3) is 5.02. The van der Waals surface area contributed by atoms with E-state index in [1.807, 2.05) is 18.7 Å². The number of piperidine rings is 1. The number of carbonyl (C=O) groups is 3. The Bertz CT molecular complexity index is 387. The summed E-state index contributed by atoms with van der Waals surface area (Å²) >= 11 is 0. The predicted octanol–water partition coefficient (Wildman–Crippen LogP) is 0.949. The molecule has 0 bridgehead atoms. The van der Waals surface area contributed by atoms with Crippen LogP contribution in [0.4, 0.5) is 0 Å². The van der Waals surface area contributed by atoms with Crippen LogP contribution in [0.25, 0.3) is 0 Å². The van der Waals surface area contributed by atoms with Crippen LogP contribution in [0.3, 0.4) is 0 Å². The summed E-state index contributed by atoms with van der Waals surface area (Å²) in [6.45, 7) is 8.60. The summed E-state index contributed by atoms with van der Waals surface area (Å²) in [6, 6.07) is -0.632. The molecule has 6 nitrogen and oxygen atoms in total. The number of amides is 2. The molecule has 1 rings (SSSR count). The van der Waals surface area contributed by atoms with Gasteiger partial charge in [-0.1, -0.05) is 13.8 Å². The molecule has 0 aromatic carbocycles. The third-order valence-corrected chi connectivity index (χ3v) is 3.67. The highest BCUT2D eigenvalue weighted by Gasteiger charge is 2.29. The van der Waals surface area contributed by atoms with Gasteiger partial charge in [0.1, 0.15) is 6.04 Å². The summed E-state index contributed by atoms with van der Waals surface area (Å²) in [6.07, 6.45) is 1.28. The van der Waals surface area contributed by atoms with Crippen LogP contribution in [-0.4, -0.2) is 48.4 Å². The molecule has 0 aliphatic carbocycles. The molecule has 2 amide bonds. The van der Waals surface area contributed by atoms with Crippen LogP contribution in [0, 0.1) is 11.8 Å². The zero-order valence-electron chi connectivity index (χ0n) is 13.3. The summed E-state index contributed by atoms with van der Waals surface area (Å²) < 4.78 is 4.86. The van der Waals surface area contributed by atoms with Crippen molar-refractivity contribution < 1.29 is 19.1 Å². The smallest absolute Gasteiger partial charge is 0.328 e. The lowest BCUT2D eigenvalue weighted by atomic mass is 9.95. The number of carbonyl (C=O) groups excluding carboxylic acids is 3. The van der Waals surface area contributed by atoms with E-state index in [-0.39, 0.29) is 23.7 Å². The standard InChI is InChI=1S/C15H26N2O4/c1-5-21-15(20)11(4)16-13(18)12-6-8-17(9-7-12)14(19)10(2)3/h10-12H,5-9H2,1-4H3,(H,16,18). The number of likely N-dealkylation sites (tertiary alicyclic amines) is 1. The molecule has 0 spiro atoms. The number of hydrogen-bond acceptors (Lipinski definition) is 4. The molecule has 120 valence electrons. The molecule has 1 saturated heterocycles. The van der Waals surface area contributed by atoms with Gasteiger partial charge in [-0.2, -0.15) is 0 Å². The van der Waals surface area contributed by atoms with Gasteiger partial charge >= 0.3 is 5.97 Å². The molecule has 0 radical (unpaired) electrons. The van der Waals surface area contributed by atoms with Crippen molar-refractivity contribution in [2.24, 2.45) is 11.8 Å². The molecule has 1 fully saturated rings. The van der Waals surface area contributed by atoms with Crippen molar-refractivity contribution in [3.8, 4) is 0 Å². The zero-order valence-corrected chi connectivity index (χ0v) is 13.3. The molecule has 0 saturated carbocycles. The van der Waals surface area contributed by atoms with E-state index in [0.717, 1.165) is 0 Å². The average Bonchev–Trinajstić information content (AvgIpc) is 2.46. The van der Waals surface area contributed by atoms with Crippen LogP contribution < -0.4 is 5.32 Å². The van der Waals surface area contributed by atoms with Gasteiger partial charge in [0.2, 0.25) is 11.8 Å². The summed E-state index contributed by atoms with van der Waals surface area (Å²) in [5.74, 6) is -0.573. The third-order valence-electron chi connectivity index (χ3n) is 3.67. The maximum Gasteiger partial charge on any atom is 0.328 e. The van der Waals surface area contributed by atoms with Crippen LogP contribution in [0.15, 0.2) is 0 Å². The van der Waals surface area contributed by atoms with E-state index in [4.69, 9.17) is 4.74 Å². The molecule has 1 atom stereocenters. The molecule has 21 heavy (non-hydrogen) atoms. The van der Waals surface area contributed by atoms with Gasteiger partial charge < -0.3 is 15.0 Å². The Hall–Kier alpha value is -1.59. The lowest BCUT2D eigenvalue weighted by Crippen LogP contribution is -2.47. The number of esters is 1. The van der Waals surface area contributed by atoms with Crippen molar-refractivity contribution >= 4 is 17.8 Å². The Kier molecular flexibility index (Phi) is 6.65. The normalized spacial score (nSPS) is 17.5. The van der Waals surface area contributed by atoms with Gasteiger partial charge in [-0.15, -0.1) is 0 Å². The molecular formula is C15H26N2O4. The Balaban J connectivity index is 2.42. The summed E-state index contributed by atoms with van der Waals surface area (Å²) in [7, 11) is 0. The molecule has 0 aromatic heterocycles. The van der Waals surface area contributed by atoms with E-state index >= 15 is 0 Å². The molecular weight excluding hydrogens is 272 g/mol. The summed E-state index contributed by atoms with van der Waals surface area (Å²) in [5, 5.41) is 2.68. The van der Waals surface area contributed by atoms with Gasteiger partial charge in [0.05, 0.1) is 6.61 Å². The number of nitrogens with zero attached hydrogens (tertiary/aromatic N) is 1. The Morgan fingerprint density at radius 3 is 2.24 bits per heavy atom. The van der Waals surface area contributed by atoms with Crippen LogP contribution in [0.1, 0.15) is 40.5 Å². The second-order valence-electron chi connectivity index (χ2n) is 5.74. The predicted molar refractivity (Wildman–Crippen MR) is 78.4 cm³/mol. The van der Waals surface area contributed by atoms with Crippen molar-refractivity contribution in [1.29, 1.82) is 0 Å². The minimum atomic E-state index is -0.632. The van der Waals surface area contributed by atoms with Gasteiger partial charge in [-0.25, -0.2) is 4.79 Å². The van der Waals surface area contributed by atoms with Gasteiger partial charge in [-0.3, -0.25) is 9.59 Å². The largest absolute Gasteiger partial charge is 0.464 e. The van der Waals surface area contributed by atoms with E-state index in [1.165, 1.54) is 0 Å². The van der Waals surface area contributed by atoms with E-state index in [0.29, 0.717) is 32.5 Å². The Morgan fingerprint density at radius 1 is 1.19 bits per heavy atom. The number of hydrogen-bond donors (Lipinski definition) is 1. The molecule has 1 heterocycles. The maximum atomic E-state index is 12.1. The van der Waals surface area contributed by atoms with E-state index < -0.39 is 12.0 Å². The van der Waals surface area contributed by atoms with Crippen LogP contribution >= 0.6 is 0 Å². The summed E-state index contributed by atoms with van der Waals surface area (Å²) in [5.41, 5.74) is 0. The van der Waals surface area contributed by atoms with E-state index in [2.05, 4.69) is 5.32 Å². The molecule has 1 aliphatic rings. The van der Waals surface area contributed by atoms with Crippen LogP contribution in [0.5, 0.6) is 0 Å². The first-order valence-electron chi connectivity index (χ1n) is 7.62. The van der Waals surface area contributed by atoms with Gasteiger partial charge in [0, 0.05) is 24.9 Å². The lowest BCUT2D eigenvalue weighted by Gasteiger charge is -2.32. The van der Waals surface area contributed by atoms with E-state index in [9.17, 15) is 14.4 Å². The molecule has 1 aliphatic heterocycles. The highest BCUT2D eigenvalue weighted by atomic mass is 16.5. The second-order valence-corrected chi connectivity index (χ2v) is 5.74. The van der Waals surface area contributed by atoms with Gasteiger partial charge in [-0.05, 0) is 26.7 Å². The minimum Gasteiger partial charge on any atom is -0.464 e. The Morgan fingerprint density at radius 2 is 1.76 bits per heavy atom.